The molecule has 7 nitrogen and oxygen atoms in total. The van der Waals surface area contributed by atoms with E-state index in [1.54, 1.807) is 18.3 Å². The second kappa shape index (κ2) is 7.20. The summed E-state index contributed by atoms with van der Waals surface area (Å²) >= 11 is 2.89. The number of hydrogen-bond donors (Lipinski definition) is 2. The second-order valence-electron chi connectivity index (χ2n) is 9.57. The molecule has 4 aliphatic rings. The number of para-hydroxylation sites is 1. The molecule has 9 heteroatoms. The fraction of sp³-hybridized carbons (Fsp3) is 0.545. The van der Waals surface area contributed by atoms with E-state index in [4.69, 9.17) is 0 Å². The van der Waals surface area contributed by atoms with Crippen LogP contribution in [0.3, 0.4) is 0 Å². The average Bonchev–Trinajstić information content (AvgIpc) is 3.26. The first-order valence-electron chi connectivity index (χ1n) is 11.0. The standard InChI is InChI=1S/C22H25N5O2S2/c1-12(30-20-25-26-21-27(20)16-4-2-3-5-17(16)31-21)18(28)23-19(29)24-22-9-13-6-14(10-22)8-15(7-13)11-22/h2-5,12-15H,6-11H2,1H3,(H2,23,24,28,29). The molecule has 1 atom stereocenters. The summed E-state index contributed by atoms with van der Waals surface area (Å²) < 4.78 is 3.10. The van der Waals surface area contributed by atoms with Crippen LogP contribution in [0.5, 0.6) is 0 Å². The Kier molecular flexibility index (Phi) is 4.54. The van der Waals surface area contributed by atoms with Crippen molar-refractivity contribution in [2.75, 3.05) is 0 Å². The fourth-order valence-electron chi connectivity index (χ4n) is 6.39. The molecule has 0 spiro atoms. The quantitative estimate of drug-likeness (QED) is 0.575. The Bertz CT molecular complexity index is 1150. The number of imide groups is 1. The topological polar surface area (TPSA) is 88.4 Å². The number of thiazole rings is 1. The van der Waals surface area contributed by atoms with E-state index in [1.165, 1.54) is 31.0 Å². The van der Waals surface area contributed by atoms with Crippen LogP contribution in [-0.4, -0.2) is 37.3 Å². The number of aromatic nitrogens is 3. The van der Waals surface area contributed by atoms with Crippen LogP contribution in [-0.2, 0) is 4.79 Å². The van der Waals surface area contributed by atoms with Crippen LogP contribution >= 0.6 is 23.1 Å². The molecule has 7 rings (SSSR count). The molecular weight excluding hydrogens is 430 g/mol. The number of benzene rings is 1. The van der Waals surface area contributed by atoms with Gasteiger partial charge < -0.3 is 5.32 Å². The minimum Gasteiger partial charge on any atom is -0.332 e. The molecule has 31 heavy (non-hydrogen) atoms. The van der Waals surface area contributed by atoms with Crippen LogP contribution < -0.4 is 10.6 Å². The Morgan fingerprint density at radius 2 is 1.81 bits per heavy atom. The number of hydrogen-bond acceptors (Lipinski definition) is 6. The molecule has 4 fully saturated rings. The Hall–Kier alpha value is -2.13. The van der Waals surface area contributed by atoms with Crippen molar-refractivity contribution in [3.05, 3.63) is 24.3 Å². The third-order valence-electron chi connectivity index (χ3n) is 7.22. The van der Waals surface area contributed by atoms with Crippen molar-refractivity contribution < 1.29 is 9.59 Å². The number of carbonyl (C=O) groups excluding carboxylic acids is 2. The van der Waals surface area contributed by atoms with Gasteiger partial charge in [-0.2, -0.15) is 0 Å². The van der Waals surface area contributed by atoms with Crippen molar-refractivity contribution in [2.24, 2.45) is 17.8 Å². The van der Waals surface area contributed by atoms with Crippen LogP contribution in [0.1, 0.15) is 45.4 Å². The molecule has 0 radical (unpaired) electrons. The number of fused-ring (bicyclic) bond motifs is 3. The lowest BCUT2D eigenvalue weighted by molar-refractivity contribution is -0.119. The average molecular weight is 456 g/mol. The minimum absolute atomic E-state index is 0.107. The van der Waals surface area contributed by atoms with Gasteiger partial charge in [0.2, 0.25) is 10.9 Å². The number of nitrogens with zero attached hydrogens (tertiary/aromatic N) is 3. The Balaban J connectivity index is 1.12. The van der Waals surface area contributed by atoms with E-state index < -0.39 is 5.25 Å². The molecule has 3 amide bonds. The fourth-order valence-corrected chi connectivity index (χ4v) is 8.28. The number of rotatable bonds is 4. The van der Waals surface area contributed by atoms with E-state index in [0.717, 1.165) is 52.2 Å². The third-order valence-corrected chi connectivity index (χ3v) is 9.27. The predicted octanol–water partition coefficient (Wildman–Crippen LogP) is 4.22. The van der Waals surface area contributed by atoms with Gasteiger partial charge in [0.1, 0.15) is 0 Å². The smallest absolute Gasteiger partial charge is 0.321 e. The molecule has 4 aliphatic carbocycles. The summed E-state index contributed by atoms with van der Waals surface area (Å²) in [5.74, 6) is 1.93. The van der Waals surface area contributed by atoms with Gasteiger partial charge in [-0.25, -0.2) is 4.79 Å². The summed E-state index contributed by atoms with van der Waals surface area (Å²) in [4.78, 5) is 26.3. The van der Waals surface area contributed by atoms with Crippen LogP contribution in [0, 0.1) is 17.8 Å². The minimum atomic E-state index is -0.465. The number of thioether (sulfide) groups is 1. The summed E-state index contributed by atoms with van der Waals surface area (Å²) in [6.07, 6.45) is 7.15. The monoisotopic (exact) mass is 455 g/mol. The van der Waals surface area contributed by atoms with Crippen molar-refractivity contribution in [1.29, 1.82) is 0 Å². The lowest BCUT2D eigenvalue weighted by atomic mass is 9.53. The lowest BCUT2D eigenvalue weighted by Gasteiger charge is -2.56. The highest BCUT2D eigenvalue weighted by atomic mass is 32.2. The summed E-state index contributed by atoms with van der Waals surface area (Å²) in [5.41, 5.74) is 0.923. The number of carbonyl (C=O) groups is 2. The molecular formula is C22H25N5O2S2. The predicted molar refractivity (Wildman–Crippen MR) is 121 cm³/mol. The summed E-state index contributed by atoms with van der Waals surface area (Å²) in [5, 5.41) is 14.5. The van der Waals surface area contributed by atoms with Crippen molar-refractivity contribution in [1.82, 2.24) is 25.2 Å². The maximum absolute atomic E-state index is 12.8. The van der Waals surface area contributed by atoms with E-state index in [2.05, 4.69) is 20.8 Å². The molecule has 4 saturated carbocycles. The normalized spacial score (nSPS) is 30.0. The third kappa shape index (κ3) is 3.42. The maximum atomic E-state index is 12.8. The van der Waals surface area contributed by atoms with Gasteiger partial charge in [0.25, 0.3) is 0 Å². The highest BCUT2D eigenvalue weighted by molar-refractivity contribution is 8.00. The zero-order valence-corrected chi connectivity index (χ0v) is 19.0. The second-order valence-corrected chi connectivity index (χ2v) is 11.9. The van der Waals surface area contributed by atoms with Gasteiger partial charge in [0, 0.05) is 5.54 Å². The molecule has 1 aromatic carbocycles. The first-order chi connectivity index (χ1) is 15.0. The van der Waals surface area contributed by atoms with Gasteiger partial charge in [0.05, 0.1) is 15.5 Å². The van der Waals surface area contributed by atoms with Crippen LogP contribution in [0.25, 0.3) is 15.2 Å². The largest absolute Gasteiger partial charge is 0.332 e. The maximum Gasteiger partial charge on any atom is 0.321 e. The first-order valence-corrected chi connectivity index (χ1v) is 12.7. The highest BCUT2D eigenvalue weighted by Gasteiger charge is 2.51. The molecule has 2 aromatic heterocycles. The van der Waals surface area contributed by atoms with Gasteiger partial charge in [-0.05, 0) is 75.3 Å². The van der Waals surface area contributed by atoms with Gasteiger partial charge >= 0.3 is 6.03 Å². The van der Waals surface area contributed by atoms with E-state index in [1.807, 2.05) is 28.7 Å². The molecule has 0 aliphatic heterocycles. The molecule has 2 heterocycles. The number of amides is 3. The van der Waals surface area contributed by atoms with E-state index in [0.29, 0.717) is 5.16 Å². The highest BCUT2D eigenvalue weighted by Crippen LogP contribution is 2.55. The molecule has 0 saturated heterocycles. The van der Waals surface area contributed by atoms with E-state index in [-0.39, 0.29) is 17.5 Å². The van der Waals surface area contributed by atoms with E-state index >= 15 is 0 Å². The van der Waals surface area contributed by atoms with Crippen molar-refractivity contribution in [2.45, 2.75) is 61.4 Å². The van der Waals surface area contributed by atoms with Crippen LogP contribution in [0.2, 0.25) is 0 Å². The molecule has 1 unspecified atom stereocenters. The van der Waals surface area contributed by atoms with E-state index in [9.17, 15) is 9.59 Å². The molecule has 3 aromatic rings. The number of urea groups is 1. The summed E-state index contributed by atoms with van der Waals surface area (Å²) in [6, 6.07) is 7.70. The van der Waals surface area contributed by atoms with Gasteiger partial charge in [-0.1, -0.05) is 35.2 Å². The summed E-state index contributed by atoms with van der Waals surface area (Å²) in [6.45, 7) is 1.80. The van der Waals surface area contributed by atoms with Crippen molar-refractivity contribution >= 4 is 50.2 Å². The Labute approximate surface area is 188 Å². The molecule has 4 bridgehead atoms. The van der Waals surface area contributed by atoms with Crippen molar-refractivity contribution in [3.8, 4) is 0 Å². The van der Waals surface area contributed by atoms with Crippen molar-refractivity contribution in [3.63, 3.8) is 0 Å². The SMILES string of the molecule is CC(Sc1nnc2sc3ccccc3n12)C(=O)NC(=O)NC12CC3CC(CC(C3)C1)C2. The van der Waals surface area contributed by atoms with Gasteiger partial charge in [-0.15, -0.1) is 10.2 Å². The lowest BCUT2D eigenvalue weighted by Crippen LogP contribution is -2.62. The zero-order chi connectivity index (χ0) is 21.2. The first kappa shape index (κ1) is 19.5. The summed E-state index contributed by atoms with van der Waals surface area (Å²) in [7, 11) is 0. The Morgan fingerprint density at radius 1 is 1.13 bits per heavy atom. The zero-order valence-electron chi connectivity index (χ0n) is 17.3. The Morgan fingerprint density at radius 3 is 2.52 bits per heavy atom. The molecule has 162 valence electrons. The molecule has 2 N–H and O–H groups in total. The van der Waals surface area contributed by atoms with Gasteiger partial charge in [0.15, 0.2) is 5.16 Å². The van der Waals surface area contributed by atoms with Crippen LogP contribution in [0.4, 0.5) is 4.79 Å². The van der Waals surface area contributed by atoms with Gasteiger partial charge in [-0.3, -0.25) is 14.5 Å². The number of nitrogens with one attached hydrogen (secondary N) is 2. The van der Waals surface area contributed by atoms with Crippen LogP contribution in [0.15, 0.2) is 29.4 Å².